The Labute approximate surface area is 151 Å². The summed E-state index contributed by atoms with van der Waals surface area (Å²) in [5.74, 6) is 1.65. The first-order valence-electron chi connectivity index (χ1n) is 9.14. The Morgan fingerprint density at radius 2 is 1.84 bits per heavy atom. The van der Waals surface area contributed by atoms with Gasteiger partial charge in [0.1, 0.15) is 5.75 Å². The molecule has 134 valence electrons. The Bertz CT molecular complexity index is 762. The predicted octanol–water partition coefficient (Wildman–Crippen LogP) is 4.77. The second-order valence-corrected chi connectivity index (χ2v) is 7.21. The van der Waals surface area contributed by atoms with E-state index in [-0.39, 0.29) is 0 Å². The number of aromatic nitrogens is 1. The van der Waals surface area contributed by atoms with E-state index in [1.54, 1.807) is 0 Å². The fourth-order valence-electron chi connectivity index (χ4n) is 3.59. The number of ether oxygens (including phenoxy) is 1. The Balaban J connectivity index is 2.05. The van der Waals surface area contributed by atoms with Crippen molar-refractivity contribution in [1.29, 1.82) is 0 Å². The largest absolute Gasteiger partial charge is 0.438 e. The molecule has 4 heteroatoms. The molecule has 0 saturated heterocycles. The second-order valence-electron chi connectivity index (χ2n) is 7.21. The van der Waals surface area contributed by atoms with Crippen LogP contribution in [0.15, 0.2) is 18.2 Å². The van der Waals surface area contributed by atoms with Gasteiger partial charge in [-0.05, 0) is 58.2 Å². The highest BCUT2D eigenvalue weighted by Gasteiger charge is 2.25. The van der Waals surface area contributed by atoms with E-state index in [4.69, 9.17) is 9.72 Å². The maximum Gasteiger partial charge on any atom is 0.226 e. The second kappa shape index (κ2) is 7.04. The molecule has 0 saturated carbocycles. The summed E-state index contributed by atoms with van der Waals surface area (Å²) in [4.78, 5) is 7.13. The normalized spacial score (nSPS) is 15.0. The van der Waals surface area contributed by atoms with E-state index < -0.39 is 0 Å². The molecule has 1 aromatic heterocycles. The van der Waals surface area contributed by atoms with Gasteiger partial charge in [-0.15, -0.1) is 0 Å². The fourth-order valence-corrected chi connectivity index (χ4v) is 3.59. The highest BCUT2D eigenvalue weighted by molar-refractivity contribution is 5.61. The molecular formula is C21H29N3O. The Morgan fingerprint density at radius 3 is 2.48 bits per heavy atom. The molecule has 1 aliphatic heterocycles. The average molecular weight is 339 g/mol. The van der Waals surface area contributed by atoms with Crippen molar-refractivity contribution in [3.05, 3.63) is 46.1 Å². The minimum absolute atomic E-state index is 0.476. The summed E-state index contributed by atoms with van der Waals surface area (Å²) < 4.78 is 6.36. The average Bonchev–Trinajstić information content (AvgIpc) is 2.56. The molecule has 1 atom stereocenters. The Morgan fingerprint density at radius 1 is 1.16 bits per heavy atom. The van der Waals surface area contributed by atoms with Crippen LogP contribution < -0.4 is 15.0 Å². The number of benzene rings is 1. The van der Waals surface area contributed by atoms with Crippen molar-refractivity contribution in [2.24, 2.45) is 0 Å². The zero-order chi connectivity index (χ0) is 18.1. The number of pyridine rings is 1. The first kappa shape index (κ1) is 17.7. The van der Waals surface area contributed by atoms with Crippen molar-refractivity contribution in [2.75, 3.05) is 11.6 Å². The zero-order valence-corrected chi connectivity index (χ0v) is 16.2. The van der Waals surface area contributed by atoms with Crippen LogP contribution in [0.1, 0.15) is 48.2 Å². The van der Waals surface area contributed by atoms with Crippen molar-refractivity contribution in [2.45, 2.75) is 60.5 Å². The number of nitrogens with zero attached hydrogens (tertiary/aromatic N) is 2. The molecule has 1 aliphatic rings. The van der Waals surface area contributed by atoms with Crippen LogP contribution in [0.2, 0.25) is 0 Å². The van der Waals surface area contributed by atoms with Gasteiger partial charge in [-0.3, -0.25) is 5.32 Å². The van der Waals surface area contributed by atoms with Crippen molar-refractivity contribution in [1.82, 2.24) is 10.3 Å². The minimum Gasteiger partial charge on any atom is -0.438 e. The number of anilines is 1. The molecule has 4 nitrogen and oxygen atoms in total. The maximum atomic E-state index is 6.36. The van der Waals surface area contributed by atoms with Crippen LogP contribution in [-0.4, -0.2) is 17.7 Å². The summed E-state index contributed by atoms with van der Waals surface area (Å²) in [5.41, 5.74) is 6.95. The molecule has 25 heavy (non-hydrogen) atoms. The summed E-state index contributed by atoms with van der Waals surface area (Å²) in [6, 6.07) is 6.98. The lowest BCUT2D eigenvalue weighted by molar-refractivity contribution is 0.437. The van der Waals surface area contributed by atoms with Crippen molar-refractivity contribution in [3.8, 4) is 11.6 Å². The SMILES string of the molecule is CCC(C)N1CNCc2c1cc(C)nc2Oc1c(C)cc(C)cc1C. The molecule has 2 heterocycles. The van der Waals surface area contributed by atoms with Crippen molar-refractivity contribution >= 4 is 5.69 Å². The first-order chi connectivity index (χ1) is 11.9. The number of fused-ring (bicyclic) bond motifs is 1. The molecule has 0 radical (unpaired) electrons. The lowest BCUT2D eigenvalue weighted by atomic mass is 10.1. The standard InChI is InChI=1S/C21H29N3O/c1-7-17(6)24-12-22-11-18-19(24)10-16(5)23-21(18)25-20-14(3)8-13(2)9-15(20)4/h8-10,17,22H,7,11-12H2,1-6H3. The summed E-state index contributed by atoms with van der Waals surface area (Å²) in [5, 5.41) is 3.50. The molecule has 1 aromatic carbocycles. The van der Waals surface area contributed by atoms with Crippen LogP contribution in [0.3, 0.4) is 0 Å². The van der Waals surface area contributed by atoms with E-state index in [0.717, 1.165) is 53.6 Å². The molecule has 1 unspecified atom stereocenters. The van der Waals surface area contributed by atoms with Crippen LogP contribution in [0.25, 0.3) is 0 Å². The van der Waals surface area contributed by atoms with Gasteiger partial charge in [-0.25, -0.2) is 4.98 Å². The van der Waals surface area contributed by atoms with Crippen LogP contribution >= 0.6 is 0 Å². The van der Waals surface area contributed by atoms with Crippen LogP contribution in [-0.2, 0) is 6.54 Å². The summed E-state index contributed by atoms with van der Waals surface area (Å²) >= 11 is 0. The van der Waals surface area contributed by atoms with Crippen LogP contribution in [0.5, 0.6) is 11.6 Å². The van der Waals surface area contributed by atoms with Gasteiger partial charge in [0, 0.05) is 24.0 Å². The molecular weight excluding hydrogens is 310 g/mol. The molecule has 0 spiro atoms. The first-order valence-corrected chi connectivity index (χ1v) is 9.14. The zero-order valence-electron chi connectivity index (χ0n) is 16.2. The number of hydrogen-bond donors (Lipinski definition) is 1. The number of nitrogens with one attached hydrogen (secondary N) is 1. The molecule has 0 amide bonds. The van der Waals surface area contributed by atoms with E-state index in [2.05, 4.69) is 63.0 Å². The van der Waals surface area contributed by atoms with Crippen LogP contribution in [0.4, 0.5) is 5.69 Å². The highest BCUT2D eigenvalue weighted by Crippen LogP contribution is 2.37. The molecule has 0 aliphatic carbocycles. The van der Waals surface area contributed by atoms with Gasteiger partial charge in [0.05, 0.1) is 12.2 Å². The quantitative estimate of drug-likeness (QED) is 0.870. The minimum atomic E-state index is 0.476. The third kappa shape index (κ3) is 3.49. The number of hydrogen-bond acceptors (Lipinski definition) is 4. The van der Waals surface area contributed by atoms with Gasteiger partial charge in [0.25, 0.3) is 0 Å². The van der Waals surface area contributed by atoms with Gasteiger partial charge in [0.15, 0.2) is 0 Å². The van der Waals surface area contributed by atoms with Gasteiger partial charge in [-0.2, -0.15) is 0 Å². The molecule has 3 rings (SSSR count). The van der Waals surface area contributed by atoms with Gasteiger partial charge >= 0.3 is 0 Å². The van der Waals surface area contributed by atoms with E-state index >= 15 is 0 Å². The van der Waals surface area contributed by atoms with Crippen molar-refractivity contribution < 1.29 is 4.74 Å². The van der Waals surface area contributed by atoms with Crippen molar-refractivity contribution in [3.63, 3.8) is 0 Å². The maximum absolute atomic E-state index is 6.36. The molecule has 2 aromatic rings. The summed E-state index contributed by atoms with van der Waals surface area (Å²) in [6.45, 7) is 14.5. The predicted molar refractivity (Wildman–Crippen MR) is 104 cm³/mol. The monoisotopic (exact) mass is 339 g/mol. The van der Waals surface area contributed by atoms with E-state index in [1.165, 1.54) is 11.3 Å². The summed E-state index contributed by atoms with van der Waals surface area (Å²) in [7, 11) is 0. The lowest BCUT2D eigenvalue weighted by Crippen LogP contribution is -2.44. The van der Waals surface area contributed by atoms with Crippen LogP contribution in [0, 0.1) is 27.7 Å². The smallest absolute Gasteiger partial charge is 0.226 e. The molecule has 1 N–H and O–H groups in total. The highest BCUT2D eigenvalue weighted by atomic mass is 16.5. The van der Waals surface area contributed by atoms with Gasteiger partial charge < -0.3 is 9.64 Å². The lowest BCUT2D eigenvalue weighted by Gasteiger charge is -2.37. The Hall–Kier alpha value is -2.07. The number of aryl methyl sites for hydroxylation is 4. The fraction of sp³-hybridized carbons (Fsp3) is 0.476. The molecule has 0 fully saturated rings. The Kier molecular flexibility index (Phi) is 5.00. The van der Waals surface area contributed by atoms with Gasteiger partial charge in [0.2, 0.25) is 5.88 Å². The van der Waals surface area contributed by atoms with Gasteiger partial charge in [-0.1, -0.05) is 24.6 Å². The third-order valence-electron chi connectivity index (χ3n) is 5.01. The third-order valence-corrected chi connectivity index (χ3v) is 5.01. The number of rotatable bonds is 4. The van der Waals surface area contributed by atoms with E-state index in [0.29, 0.717) is 6.04 Å². The summed E-state index contributed by atoms with van der Waals surface area (Å²) in [6.07, 6.45) is 1.11. The van der Waals surface area contributed by atoms with E-state index in [9.17, 15) is 0 Å². The topological polar surface area (TPSA) is 37.4 Å². The molecule has 0 bridgehead atoms. The van der Waals surface area contributed by atoms with E-state index in [1.807, 2.05) is 6.92 Å².